The predicted molar refractivity (Wildman–Crippen MR) is 36.5 cm³/mol. The molecule has 0 aromatic heterocycles. The van der Waals surface area contributed by atoms with Crippen molar-refractivity contribution in [3.63, 3.8) is 0 Å². The van der Waals surface area contributed by atoms with Crippen LogP contribution in [0.1, 0.15) is 0 Å². The van der Waals surface area contributed by atoms with Crippen molar-refractivity contribution in [2.75, 3.05) is 26.3 Å². The van der Waals surface area contributed by atoms with Gasteiger partial charge < -0.3 is 0 Å². The van der Waals surface area contributed by atoms with Gasteiger partial charge in [-0.05, 0) is 0 Å². The van der Waals surface area contributed by atoms with Gasteiger partial charge in [-0.2, -0.15) is 0 Å². The monoisotopic (exact) mass is 362 g/mol. The molecule has 0 bridgehead atoms. The van der Waals surface area contributed by atoms with Crippen LogP contribution in [-0.2, 0) is 18.8 Å². The zero-order valence-corrected chi connectivity index (χ0v) is 9.29. The first kappa shape index (κ1) is 9.03. The van der Waals surface area contributed by atoms with Gasteiger partial charge in [-0.25, -0.2) is 0 Å². The second-order valence-corrected chi connectivity index (χ2v) is 8.80. The molecule has 0 atom stereocenters. The summed E-state index contributed by atoms with van der Waals surface area (Å²) in [5, 5.41) is 1.91. The van der Waals surface area contributed by atoms with Crippen LogP contribution in [0.15, 0.2) is 3.76 Å². The Morgan fingerprint density at radius 3 is 2.40 bits per heavy atom. The Bertz CT molecular complexity index is 133. The number of halogens is 2. The van der Waals surface area contributed by atoms with Crippen molar-refractivity contribution >= 4 is 19.3 Å². The van der Waals surface area contributed by atoms with E-state index >= 15 is 0 Å². The summed E-state index contributed by atoms with van der Waals surface area (Å²) in [4.78, 5) is 0. The van der Waals surface area contributed by atoms with Crippen molar-refractivity contribution in [2.24, 2.45) is 3.76 Å². The maximum atomic E-state index is 5.60. The van der Waals surface area contributed by atoms with Crippen LogP contribution in [0, 0.1) is 0 Å². The van der Waals surface area contributed by atoms with Gasteiger partial charge in [-0.3, -0.25) is 0 Å². The maximum absolute atomic E-state index is 5.60. The number of morpholine rings is 1. The summed E-state index contributed by atoms with van der Waals surface area (Å²) in [5.41, 5.74) is 0. The average Bonchev–Trinajstić information content (AvgIpc) is 1.88. The van der Waals surface area contributed by atoms with Gasteiger partial charge in [-0.1, -0.05) is 0 Å². The Morgan fingerprint density at radius 2 is 1.90 bits per heavy atom. The van der Waals surface area contributed by atoms with Gasteiger partial charge in [0.2, 0.25) is 0 Å². The van der Waals surface area contributed by atoms with Gasteiger partial charge in [-0.15, -0.1) is 0 Å². The van der Waals surface area contributed by atoms with Gasteiger partial charge in [0.1, 0.15) is 0 Å². The van der Waals surface area contributed by atoms with Crippen molar-refractivity contribution in [2.45, 2.75) is 0 Å². The fourth-order valence-corrected chi connectivity index (χ4v) is 2.99. The molecule has 1 aliphatic heterocycles. The minimum absolute atomic E-state index is 0.740. The molecule has 0 unspecified atom stereocenters. The second kappa shape index (κ2) is 4.74. The molecule has 0 radical (unpaired) electrons. The van der Waals surface area contributed by atoms with Crippen LogP contribution in [0.3, 0.4) is 0 Å². The Hall–Kier alpha value is 0.936. The second-order valence-electron chi connectivity index (χ2n) is 1.81. The van der Waals surface area contributed by atoms with Crippen molar-refractivity contribution in [1.29, 1.82) is 0 Å². The van der Waals surface area contributed by atoms with E-state index < -0.39 is 14.0 Å². The average molecular weight is 361 g/mol. The first-order chi connectivity index (χ1) is 4.79. The van der Waals surface area contributed by atoms with Crippen molar-refractivity contribution in [3.05, 3.63) is 0 Å². The minimum atomic E-state index is -2.11. The van der Waals surface area contributed by atoms with Crippen LogP contribution in [-0.4, -0.2) is 31.3 Å². The normalized spacial score (nSPS) is 22.4. The van der Waals surface area contributed by atoms with Gasteiger partial charge in [0.25, 0.3) is 0 Å². The summed E-state index contributed by atoms with van der Waals surface area (Å²) in [6.45, 7) is 3.14. The quantitative estimate of drug-likeness (QED) is 0.704. The third-order valence-corrected chi connectivity index (χ3v) is 3.12. The van der Waals surface area contributed by atoms with Crippen LogP contribution in [0.5, 0.6) is 0 Å². The summed E-state index contributed by atoms with van der Waals surface area (Å²) in [7, 11) is 11.2. The van der Waals surface area contributed by atoms with Gasteiger partial charge in [0, 0.05) is 0 Å². The Kier molecular flexibility index (Phi) is 4.28. The van der Waals surface area contributed by atoms with Gasteiger partial charge in [0.05, 0.1) is 0 Å². The topological polar surface area (TPSA) is 24.8 Å². The molecule has 1 aliphatic rings. The zero-order chi connectivity index (χ0) is 7.40. The SMILES string of the molecule is [Cl][Os]([Cl])=[N]N1CCOCC1. The van der Waals surface area contributed by atoms with Crippen molar-refractivity contribution in [1.82, 2.24) is 5.01 Å². The van der Waals surface area contributed by atoms with Crippen molar-refractivity contribution in [3.8, 4) is 0 Å². The zero-order valence-electron chi connectivity index (χ0n) is 5.24. The van der Waals surface area contributed by atoms with E-state index in [1.807, 2.05) is 5.01 Å². The third kappa shape index (κ3) is 3.36. The molecule has 0 aromatic rings. The molecule has 3 nitrogen and oxygen atoms in total. The number of ether oxygens (including phenoxy) is 1. The molecule has 1 saturated heterocycles. The molecule has 62 valence electrons. The molecule has 0 amide bonds. The number of rotatable bonds is 1. The van der Waals surface area contributed by atoms with E-state index in [9.17, 15) is 0 Å². The number of nitrogens with zero attached hydrogens (tertiary/aromatic N) is 2. The molecule has 0 aliphatic carbocycles. The van der Waals surface area contributed by atoms with Gasteiger partial charge >= 0.3 is 73.1 Å². The summed E-state index contributed by atoms with van der Waals surface area (Å²) < 4.78 is 9.21. The van der Waals surface area contributed by atoms with Gasteiger partial charge in [0.15, 0.2) is 0 Å². The fourth-order valence-electron chi connectivity index (χ4n) is 0.700. The molecular formula is C4H8Cl2N2OOs. The Labute approximate surface area is 73.1 Å². The molecular weight excluding hydrogens is 353 g/mol. The molecule has 10 heavy (non-hydrogen) atoms. The summed E-state index contributed by atoms with van der Waals surface area (Å²) >= 11 is -2.11. The molecule has 0 saturated carbocycles. The van der Waals surface area contributed by atoms with Crippen LogP contribution < -0.4 is 0 Å². The van der Waals surface area contributed by atoms with Crippen LogP contribution in [0.2, 0.25) is 0 Å². The van der Waals surface area contributed by atoms with E-state index in [0.717, 1.165) is 26.3 Å². The van der Waals surface area contributed by atoms with Crippen LogP contribution in [0.4, 0.5) is 0 Å². The first-order valence-electron chi connectivity index (χ1n) is 2.84. The molecule has 1 rings (SSSR count). The van der Waals surface area contributed by atoms with E-state index in [-0.39, 0.29) is 0 Å². The van der Waals surface area contributed by atoms with E-state index in [1.165, 1.54) is 0 Å². The molecule has 6 heteroatoms. The van der Waals surface area contributed by atoms with E-state index in [4.69, 9.17) is 24.0 Å². The molecule has 0 aromatic carbocycles. The Balaban J connectivity index is 2.33. The van der Waals surface area contributed by atoms with E-state index in [1.54, 1.807) is 0 Å². The fraction of sp³-hybridized carbons (Fsp3) is 1.00. The third-order valence-electron chi connectivity index (χ3n) is 1.14. The molecule has 0 N–H and O–H groups in total. The Morgan fingerprint density at radius 1 is 1.30 bits per heavy atom. The molecule has 1 heterocycles. The summed E-state index contributed by atoms with van der Waals surface area (Å²) in [5.74, 6) is 0. The first-order valence-corrected chi connectivity index (χ1v) is 10.3. The molecule has 0 spiro atoms. The van der Waals surface area contributed by atoms with E-state index in [0.29, 0.717) is 0 Å². The predicted octanol–water partition coefficient (Wildman–Crippen LogP) is 1.34. The van der Waals surface area contributed by atoms with Crippen LogP contribution in [0.25, 0.3) is 0 Å². The molecule has 1 fully saturated rings. The standard InChI is InChI=1S/C4H8N2O.2ClH.Os/c5-6-1-3-7-4-2-6;;;/h1-4H2;2*1H;/q;;;+2/p-2. The number of hydrogen-bond acceptors (Lipinski definition) is 3. The summed E-state index contributed by atoms with van der Waals surface area (Å²) in [6, 6.07) is 0. The van der Waals surface area contributed by atoms with Crippen molar-refractivity contribution < 1.29 is 18.8 Å². The van der Waals surface area contributed by atoms with Crippen LogP contribution >= 0.6 is 19.3 Å². The van der Waals surface area contributed by atoms with E-state index in [2.05, 4.69) is 3.76 Å². The number of hydrogen-bond donors (Lipinski definition) is 0. The summed E-state index contributed by atoms with van der Waals surface area (Å²) in [6.07, 6.45) is 0.